The Morgan fingerprint density at radius 2 is 1.55 bits per heavy atom. The van der Waals surface area contributed by atoms with Gasteiger partial charge in [0.1, 0.15) is 0 Å². The average molecular weight is 174 g/mol. The second kappa shape index (κ2) is 4.54. The Balaban J connectivity index is 4.22. The van der Waals surface area contributed by atoms with Gasteiger partial charge in [-0.25, -0.2) is 0 Å². The number of hydrogen-bond acceptors (Lipinski definition) is 1. The van der Waals surface area contributed by atoms with Crippen molar-refractivity contribution in [2.45, 2.75) is 39.8 Å². The molecule has 0 bridgehead atoms. The van der Waals surface area contributed by atoms with Crippen LogP contribution >= 0.6 is 12.2 Å². The third-order valence-electron chi connectivity index (χ3n) is 1.56. The summed E-state index contributed by atoms with van der Waals surface area (Å²) in [5.41, 5.74) is 0. The minimum absolute atomic E-state index is 0.468. The summed E-state index contributed by atoms with van der Waals surface area (Å²) in [6.07, 6.45) is 0. The molecule has 2 nitrogen and oxygen atoms in total. The van der Waals surface area contributed by atoms with Gasteiger partial charge in [-0.15, -0.1) is 0 Å². The molecule has 0 rings (SSSR count). The van der Waals surface area contributed by atoms with Crippen molar-refractivity contribution in [3.05, 3.63) is 0 Å². The molecule has 1 N–H and O–H groups in total. The van der Waals surface area contributed by atoms with E-state index in [2.05, 4.69) is 37.9 Å². The molecule has 11 heavy (non-hydrogen) atoms. The smallest absolute Gasteiger partial charge is 0.169 e. The zero-order chi connectivity index (χ0) is 9.02. The third-order valence-corrected chi connectivity index (χ3v) is 1.98. The van der Waals surface area contributed by atoms with Crippen LogP contribution in [0.2, 0.25) is 0 Å². The molecular weight excluding hydrogens is 156 g/mol. The van der Waals surface area contributed by atoms with Gasteiger partial charge >= 0.3 is 0 Å². The summed E-state index contributed by atoms with van der Waals surface area (Å²) in [5.74, 6) is 0. The van der Waals surface area contributed by atoms with Gasteiger partial charge in [0.15, 0.2) is 5.11 Å². The van der Waals surface area contributed by atoms with E-state index in [1.807, 2.05) is 7.05 Å². The van der Waals surface area contributed by atoms with Gasteiger partial charge in [0, 0.05) is 19.1 Å². The Morgan fingerprint density at radius 3 is 1.64 bits per heavy atom. The summed E-state index contributed by atoms with van der Waals surface area (Å²) in [5, 5.41) is 3.81. The largest absolute Gasteiger partial charge is 0.366 e. The molecule has 0 fully saturated rings. The summed E-state index contributed by atoms with van der Waals surface area (Å²) >= 11 is 5.14. The molecule has 0 saturated heterocycles. The van der Waals surface area contributed by atoms with Gasteiger partial charge in [-0.1, -0.05) is 0 Å². The SMILES string of the molecule is CNC(=S)N(C(C)C)C(C)C. The lowest BCUT2D eigenvalue weighted by atomic mass is 10.2. The molecule has 0 aromatic carbocycles. The minimum Gasteiger partial charge on any atom is -0.366 e. The Bertz CT molecular complexity index is 124. The monoisotopic (exact) mass is 174 g/mol. The van der Waals surface area contributed by atoms with Gasteiger partial charge in [-0.3, -0.25) is 0 Å². The topological polar surface area (TPSA) is 15.3 Å². The molecule has 0 aliphatic carbocycles. The summed E-state index contributed by atoms with van der Waals surface area (Å²) < 4.78 is 0. The van der Waals surface area contributed by atoms with Gasteiger partial charge in [0.2, 0.25) is 0 Å². The zero-order valence-corrected chi connectivity index (χ0v) is 8.83. The molecule has 0 aliphatic rings. The third kappa shape index (κ3) is 3.06. The molecule has 0 atom stereocenters. The van der Waals surface area contributed by atoms with Crippen molar-refractivity contribution in [3.8, 4) is 0 Å². The Hall–Kier alpha value is -0.310. The standard InChI is InChI=1S/C8H18N2S/c1-6(2)10(7(3)4)8(11)9-5/h6-7H,1-5H3,(H,9,11). The normalized spacial score (nSPS) is 10.5. The highest BCUT2D eigenvalue weighted by Gasteiger charge is 2.14. The molecule has 0 saturated carbocycles. The van der Waals surface area contributed by atoms with Gasteiger partial charge in [-0.05, 0) is 39.9 Å². The molecule has 0 aliphatic heterocycles. The van der Waals surface area contributed by atoms with Crippen molar-refractivity contribution in [3.63, 3.8) is 0 Å². The number of thiocarbonyl (C=S) groups is 1. The fourth-order valence-electron chi connectivity index (χ4n) is 1.19. The lowest BCUT2D eigenvalue weighted by molar-refractivity contribution is 0.290. The van der Waals surface area contributed by atoms with Crippen LogP contribution in [0.5, 0.6) is 0 Å². The highest BCUT2D eigenvalue weighted by molar-refractivity contribution is 7.80. The number of nitrogens with one attached hydrogen (secondary N) is 1. The predicted octanol–water partition coefficient (Wildman–Crippen LogP) is 1.61. The van der Waals surface area contributed by atoms with E-state index < -0.39 is 0 Å². The maximum absolute atomic E-state index is 5.14. The highest BCUT2D eigenvalue weighted by Crippen LogP contribution is 2.04. The van der Waals surface area contributed by atoms with Crippen molar-refractivity contribution < 1.29 is 0 Å². The second-order valence-corrected chi connectivity index (χ2v) is 3.54. The summed E-state index contributed by atoms with van der Waals surface area (Å²) in [6.45, 7) is 8.57. The molecule has 0 heterocycles. The summed E-state index contributed by atoms with van der Waals surface area (Å²) in [7, 11) is 1.86. The van der Waals surface area contributed by atoms with Crippen LogP contribution in [0.1, 0.15) is 27.7 Å². The molecule has 0 spiro atoms. The summed E-state index contributed by atoms with van der Waals surface area (Å²) in [4.78, 5) is 2.18. The van der Waals surface area contributed by atoms with Crippen molar-refractivity contribution in [1.82, 2.24) is 10.2 Å². The number of hydrogen-bond donors (Lipinski definition) is 1. The maximum atomic E-state index is 5.14. The van der Waals surface area contributed by atoms with Crippen LogP contribution in [0.15, 0.2) is 0 Å². The van der Waals surface area contributed by atoms with Gasteiger partial charge in [0.25, 0.3) is 0 Å². The quantitative estimate of drug-likeness (QED) is 0.640. The van der Waals surface area contributed by atoms with E-state index in [1.54, 1.807) is 0 Å². The van der Waals surface area contributed by atoms with E-state index in [-0.39, 0.29) is 0 Å². The first-order valence-electron chi connectivity index (χ1n) is 4.00. The molecular formula is C8H18N2S. The molecule has 0 amide bonds. The maximum Gasteiger partial charge on any atom is 0.169 e. The van der Waals surface area contributed by atoms with Crippen LogP contribution < -0.4 is 5.32 Å². The first kappa shape index (κ1) is 10.7. The summed E-state index contributed by atoms with van der Waals surface area (Å²) in [6, 6.07) is 0.935. The van der Waals surface area contributed by atoms with Crippen LogP contribution in [0.4, 0.5) is 0 Å². The first-order valence-corrected chi connectivity index (χ1v) is 4.41. The average Bonchev–Trinajstić information content (AvgIpc) is 1.85. The second-order valence-electron chi connectivity index (χ2n) is 3.15. The van der Waals surface area contributed by atoms with Crippen LogP contribution in [0.3, 0.4) is 0 Å². The van der Waals surface area contributed by atoms with Crippen LogP contribution in [0, 0.1) is 0 Å². The van der Waals surface area contributed by atoms with E-state index in [0.29, 0.717) is 12.1 Å². The van der Waals surface area contributed by atoms with Gasteiger partial charge in [0.05, 0.1) is 0 Å². The van der Waals surface area contributed by atoms with E-state index in [0.717, 1.165) is 5.11 Å². The highest BCUT2D eigenvalue weighted by atomic mass is 32.1. The lowest BCUT2D eigenvalue weighted by Gasteiger charge is -2.32. The van der Waals surface area contributed by atoms with Gasteiger partial charge < -0.3 is 10.2 Å². The molecule has 0 aromatic heterocycles. The minimum atomic E-state index is 0.468. The first-order chi connectivity index (χ1) is 5.00. The van der Waals surface area contributed by atoms with Gasteiger partial charge in [-0.2, -0.15) is 0 Å². The van der Waals surface area contributed by atoms with Crippen LogP contribution in [-0.2, 0) is 0 Å². The number of nitrogens with zero attached hydrogens (tertiary/aromatic N) is 1. The fraction of sp³-hybridized carbons (Fsp3) is 0.875. The van der Waals surface area contributed by atoms with E-state index >= 15 is 0 Å². The van der Waals surface area contributed by atoms with Crippen molar-refractivity contribution in [2.75, 3.05) is 7.05 Å². The molecule has 0 aromatic rings. The Morgan fingerprint density at radius 1 is 1.18 bits per heavy atom. The van der Waals surface area contributed by atoms with E-state index in [1.165, 1.54) is 0 Å². The van der Waals surface area contributed by atoms with E-state index in [4.69, 9.17) is 12.2 Å². The molecule has 0 unspecified atom stereocenters. The number of rotatable bonds is 2. The lowest BCUT2D eigenvalue weighted by Crippen LogP contribution is -2.46. The molecule has 66 valence electrons. The fourth-order valence-corrected chi connectivity index (χ4v) is 1.62. The Labute approximate surface area is 75.0 Å². The molecule has 0 radical (unpaired) electrons. The van der Waals surface area contributed by atoms with Crippen LogP contribution in [0.25, 0.3) is 0 Å². The molecule has 3 heteroatoms. The van der Waals surface area contributed by atoms with Crippen molar-refractivity contribution in [2.24, 2.45) is 0 Å². The van der Waals surface area contributed by atoms with Crippen molar-refractivity contribution >= 4 is 17.3 Å². The Kier molecular flexibility index (Phi) is 4.42. The van der Waals surface area contributed by atoms with Crippen molar-refractivity contribution in [1.29, 1.82) is 0 Å². The van der Waals surface area contributed by atoms with Crippen LogP contribution in [-0.4, -0.2) is 29.1 Å². The zero-order valence-electron chi connectivity index (χ0n) is 8.01. The van der Waals surface area contributed by atoms with E-state index in [9.17, 15) is 0 Å². The predicted molar refractivity (Wildman–Crippen MR) is 53.8 cm³/mol.